The average molecular weight is 158 g/mol. The fraction of sp³-hybridized carbons (Fsp3) is 0.125. The van der Waals surface area contributed by atoms with E-state index in [1.54, 1.807) is 0 Å². The van der Waals surface area contributed by atoms with Crippen LogP contribution in [0.2, 0.25) is 0 Å². The molecule has 0 aliphatic rings. The summed E-state index contributed by atoms with van der Waals surface area (Å²) in [6, 6.07) is -2.78. The smallest absolute Gasteiger partial charge is 0.160 e. The molecule has 11 heavy (non-hydrogen) atoms. The molecule has 0 saturated heterocycles. The van der Waals surface area contributed by atoms with Gasteiger partial charge in [-0.25, -0.2) is 0 Å². The van der Waals surface area contributed by atoms with Gasteiger partial charge in [0.05, 0.1) is 4.11 Å². The summed E-state index contributed by atoms with van der Waals surface area (Å²) in [5.74, 6) is -3.60. The van der Waals surface area contributed by atoms with Crippen LogP contribution in [-0.2, 0) is 0 Å². The molecule has 0 heterocycles. The van der Waals surface area contributed by atoms with Gasteiger partial charge < -0.3 is 10.2 Å². The highest BCUT2D eigenvalue weighted by molar-refractivity contribution is 5.94. The maximum absolute atomic E-state index is 11.4. The van der Waals surface area contributed by atoms with Crippen LogP contribution < -0.4 is 0 Å². The molecule has 3 heteroatoms. The van der Waals surface area contributed by atoms with E-state index in [1.807, 2.05) is 0 Å². The van der Waals surface area contributed by atoms with Crippen molar-refractivity contribution in [3.63, 3.8) is 0 Å². The fourth-order valence-corrected chi connectivity index (χ4v) is 0.556. The lowest BCUT2D eigenvalue weighted by atomic mass is 10.1. The van der Waals surface area contributed by atoms with Gasteiger partial charge in [0, 0.05) is 15.7 Å². The van der Waals surface area contributed by atoms with Gasteiger partial charge in [-0.15, -0.1) is 0 Å². The third-order valence-electron chi connectivity index (χ3n) is 0.951. The van der Waals surface area contributed by atoms with Crippen LogP contribution >= 0.6 is 0 Å². The van der Waals surface area contributed by atoms with Crippen LogP contribution in [0.15, 0.2) is 18.1 Å². The first-order valence-electron chi connectivity index (χ1n) is 5.65. The van der Waals surface area contributed by atoms with Crippen molar-refractivity contribution >= 4 is 5.78 Å². The maximum atomic E-state index is 11.4. The van der Waals surface area contributed by atoms with E-state index in [9.17, 15) is 15.0 Å². The first-order valence-corrected chi connectivity index (χ1v) is 2.65. The summed E-state index contributed by atoms with van der Waals surface area (Å²) in [7, 11) is 0. The SMILES string of the molecule is [2H]c1c(O)c([2H])c(C(=O)C([2H])([2H])[2H])c([2H])c1O. The Bertz CT molecular complexity index is 464. The van der Waals surface area contributed by atoms with Crippen molar-refractivity contribution < 1.29 is 23.2 Å². The Hall–Kier alpha value is -1.51. The summed E-state index contributed by atoms with van der Waals surface area (Å²) in [6.45, 7) is -3.09. The molecular weight excluding hydrogens is 144 g/mol. The Morgan fingerprint density at radius 2 is 2.00 bits per heavy atom. The molecule has 0 saturated carbocycles. The summed E-state index contributed by atoms with van der Waals surface area (Å²) >= 11 is 0. The summed E-state index contributed by atoms with van der Waals surface area (Å²) in [5.41, 5.74) is -0.920. The number of rotatable bonds is 1. The van der Waals surface area contributed by atoms with Crippen molar-refractivity contribution in [1.29, 1.82) is 0 Å². The van der Waals surface area contributed by atoms with Crippen LogP contribution in [0.5, 0.6) is 11.5 Å². The molecule has 2 N–H and O–H groups in total. The summed E-state index contributed by atoms with van der Waals surface area (Å²) in [4.78, 5) is 11.4. The highest BCUT2D eigenvalue weighted by Gasteiger charge is 2.02. The lowest BCUT2D eigenvalue weighted by Crippen LogP contribution is -1.90. The van der Waals surface area contributed by atoms with Gasteiger partial charge >= 0.3 is 0 Å². The Kier molecular flexibility index (Phi) is 0.678. The largest absolute Gasteiger partial charge is 0.508 e. The summed E-state index contributed by atoms with van der Waals surface area (Å²) in [6.07, 6.45) is 0. The molecule has 0 bridgehead atoms. The molecule has 1 aromatic carbocycles. The van der Waals surface area contributed by atoms with Gasteiger partial charge in [0.25, 0.3) is 0 Å². The van der Waals surface area contributed by atoms with E-state index in [-0.39, 0.29) is 0 Å². The molecule has 0 aliphatic heterocycles. The van der Waals surface area contributed by atoms with E-state index in [4.69, 9.17) is 8.22 Å². The fourth-order valence-electron chi connectivity index (χ4n) is 0.556. The third-order valence-corrected chi connectivity index (χ3v) is 0.951. The number of phenols is 2. The number of carbonyl (C=O) groups excluding carboxylic acids is 1. The van der Waals surface area contributed by atoms with E-state index in [0.717, 1.165) is 0 Å². The van der Waals surface area contributed by atoms with Gasteiger partial charge in [0.15, 0.2) is 5.78 Å². The number of phenolic OH excluding ortho intramolecular Hbond substituents is 2. The highest BCUT2D eigenvalue weighted by atomic mass is 16.3. The minimum Gasteiger partial charge on any atom is -0.508 e. The minimum absolute atomic E-state index is 0.887. The number of Topliss-reactive ketones (excluding diaryl/α,β-unsaturated/α-hetero) is 1. The monoisotopic (exact) mass is 158 g/mol. The zero-order chi connectivity index (χ0) is 13.5. The maximum Gasteiger partial charge on any atom is 0.160 e. The van der Waals surface area contributed by atoms with Gasteiger partial charge in [-0.05, 0) is 18.9 Å². The first kappa shape index (κ1) is 2.85. The Labute approximate surface area is 72.3 Å². The highest BCUT2D eigenvalue weighted by Crippen LogP contribution is 2.20. The van der Waals surface area contributed by atoms with Crippen molar-refractivity contribution in [3.05, 3.63) is 23.7 Å². The van der Waals surface area contributed by atoms with E-state index in [1.165, 1.54) is 0 Å². The molecule has 58 valence electrons. The van der Waals surface area contributed by atoms with Crippen molar-refractivity contribution in [1.82, 2.24) is 0 Å². The van der Waals surface area contributed by atoms with Crippen LogP contribution in [0.25, 0.3) is 0 Å². The topological polar surface area (TPSA) is 57.5 Å². The van der Waals surface area contributed by atoms with Gasteiger partial charge in [-0.2, -0.15) is 0 Å². The lowest BCUT2D eigenvalue weighted by Gasteiger charge is -1.97. The Morgan fingerprint density at radius 3 is 2.45 bits per heavy atom. The second-order valence-electron chi connectivity index (χ2n) is 1.78. The van der Waals surface area contributed by atoms with Gasteiger partial charge in [-0.3, -0.25) is 4.79 Å². The third kappa shape index (κ3) is 1.70. The Balaban J connectivity index is 3.62. The molecule has 0 unspecified atom stereocenters. The number of hydrogen-bond acceptors (Lipinski definition) is 3. The number of carbonyl (C=O) groups is 1. The van der Waals surface area contributed by atoms with Crippen LogP contribution in [-0.4, -0.2) is 16.0 Å². The van der Waals surface area contributed by atoms with E-state index in [2.05, 4.69) is 0 Å². The summed E-state index contributed by atoms with van der Waals surface area (Å²) < 4.78 is 42.4. The van der Waals surface area contributed by atoms with Crippen molar-refractivity contribution in [3.8, 4) is 11.5 Å². The minimum atomic E-state index is -3.09. The summed E-state index contributed by atoms with van der Waals surface area (Å²) in [5, 5.41) is 18.5. The number of ketones is 1. The number of benzene rings is 1. The second kappa shape index (κ2) is 2.62. The molecule has 1 aromatic rings. The van der Waals surface area contributed by atoms with E-state index < -0.39 is 47.8 Å². The van der Waals surface area contributed by atoms with Gasteiger partial charge in [-0.1, -0.05) is 0 Å². The standard InChI is InChI=1S/C8H8O3/c1-5(9)6-2-7(10)4-8(11)3-6/h2-4,10-11H,1H3/i1D3,2D,3D,4D. The van der Waals surface area contributed by atoms with Gasteiger partial charge in [0.2, 0.25) is 0 Å². The zero-order valence-corrected chi connectivity index (χ0v) is 5.30. The molecule has 0 amide bonds. The molecule has 3 nitrogen and oxygen atoms in total. The molecule has 0 fully saturated rings. The van der Waals surface area contributed by atoms with Crippen molar-refractivity contribution in [2.24, 2.45) is 0 Å². The first-order chi connectivity index (χ1) is 7.59. The number of hydrogen-bond donors (Lipinski definition) is 2. The predicted molar refractivity (Wildman–Crippen MR) is 39.8 cm³/mol. The molecule has 0 atom stereocenters. The molecular formula is C8H8O3. The van der Waals surface area contributed by atoms with Crippen LogP contribution in [0.3, 0.4) is 0 Å². The number of aromatic hydroxyl groups is 2. The molecule has 0 aliphatic carbocycles. The van der Waals surface area contributed by atoms with Crippen molar-refractivity contribution in [2.45, 2.75) is 6.85 Å². The van der Waals surface area contributed by atoms with E-state index >= 15 is 0 Å². The normalized spacial score (nSPS) is 18.5. The molecule has 1 rings (SSSR count). The molecule has 0 radical (unpaired) electrons. The van der Waals surface area contributed by atoms with Gasteiger partial charge in [0.1, 0.15) is 11.5 Å². The average Bonchev–Trinajstić information content (AvgIpc) is 2.22. The quantitative estimate of drug-likeness (QED) is 0.605. The molecule has 0 aromatic heterocycles. The van der Waals surface area contributed by atoms with E-state index in [0.29, 0.717) is 0 Å². The van der Waals surface area contributed by atoms with Crippen LogP contribution in [0, 0.1) is 0 Å². The second-order valence-corrected chi connectivity index (χ2v) is 1.78. The van der Waals surface area contributed by atoms with Crippen LogP contribution in [0.1, 0.15) is 25.4 Å². The zero-order valence-electron chi connectivity index (χ0n) is 11.3. The Morgan fingerprint density at radius 1 is 1.45 bits per heavy atom. The van der Waals surface area contributed by atoms with Crippen LogP contribution in [0.4, 0.5) is 0 Å². The van der Waals surface area contributed by atoms with Crippen molar-refractivity contribution in [2.75, 3.05) is 0 Å². The molecule has 0 spiro atoms. The predicted octanol–water partition coefficient (Wildman–Crippen LogP) is 1.30. The lowest BCUT2D eigenvalue weighted by molar-refractivity contribution is 0.101.